The molecule has 0 fully saturated rings. The molecule has 166 valence electrons. The number of fused-ring (bicyclic) bond motifs is 1. The van der Waals surface area contributed by atoms with Gasteiger partial charge in [-0.3, -0.25) is 4.79 Å². The highest BCUT2D eigenvalue weighted by atomic mass is 32.1. The van der Waals surface area contributed by atoms with Gasteiger partial charge in [-0.25, -0.2) is 9.97 Å². The Morgan fingerprint density at radius 3 is 2.72 bits per heavy atom. The van der Waals surface area contributed by atoms with Crippen molar-refractivity contribution < 1.29 is 14.1 Å². The van der Waals surface area contributed by atoms with E-state index in [1.54, 1.807) is 25.1 Å². The summed E-state index contributed by atoms with van der Waals surface area (Å²) in [5.74, 6) is 1.50. The summed E-state index contributed by atoms with van der Waals surface area (Å²) >= 11 is 1.38. The first-order valence-electron chi connectivity index (χ1n) is 10.3. The van der Waals surface area contributed by atoms with Crippen LogP contribution in [0.4, 0.5) is 5.82 Å². The van der Waals surface area contributed by atoms with Crippen molar-refractivity contribution in [2.45, 2.75) is 26.3 Å². The predicted octanol–water partition coefficient (Wildman–Crippen LogP) is 4.48. The van der Waals surface area contributed by atoms with E-state index in [2.05, 4.69) is 32.6 Å². The number of aryl methyl sites for hydroxylation is 1. The first-order chi connectivity index (χ1) is 15.5. The van der Waals surface area contributed by atoms with Crippen LogP contribution in [0.3, 0.4) is 0 Å². The zero-order valence-electron chi connectivity index (χ0n) is 18.5. The average molecular weight is 452 g/mol. The van der Waals surface area contributed by atoms with Gasteiger partial charge in [0.1, 0.15) is 34.7 Å². The van der Waals surface area contributed by atoms with Gasteiger partial charge in [-0.2, -0.15) is 0 Å². The average Bonchev–Trinajstić information content (AvgIpc) is 3.47. The molecular formula is C23H25N5O3S. The molecule has 1 N–H and O–H groups in total. The number of aromatic nitrogens is 3. The molecular weight excluding hydrogens is 426 g/mol. The lowest BCUT2D eigenvalue weighted by Gasteiger charge is -2.22. The summed E-state index contributed by atoms with van der Waals surface area (Å²) in [6.45, 7) is 4.57. The van der Waals surface area contributed by atoms with Gasteiger partial charge in [-0.15, -0.1) is 11.3 Å². The zero-order chi connectivity index (χ0) is 22.7. The van der Waals surface area contributed by atoms with Gasteiger partial charge in [-0.1, -0.05) is 17.3 Å². The smallest absolute Gasteiger partial charge is 0.264 e. The predicted molar refractivity (Wildman–Crippen MR) is 124 cm³/mol. The van der Waals surface area contributed by atoms with Gasteiger partial charge in [0.05, 0.1) is 23.4 Å². The largest absolute Gasteiger partial charge is 0.497 e. The van der Waals surface area contributed by atoms with Crippen LogP contribution in [0.5, 0.6) is 5.75 Å². The Morgan fingerprint density at radius 2 is 2.03 bits per heavy atom. The van der Waals surface area contributed by atoms with Crippen molar-refractivity contribution in [3.63, 3.8) is 0 Å². The van der Waals surface area contributed by atoms with Gasteiger partial charge >= 0.3 is 0 Å². The molecule has 3 heterocycles. The van der Waals surface area contributed by atoms with E-state index < -0.39 is 0 Å². The molecule has 1 atom stereocenters. The summed E-state index contributed by atoms with van der Waals surface area (Å²) in [5.41, 5.74) is 2.78. The minimum Gasteiger partial charge on any atom is -0.497 e. The van der Waals surface area contributed by atoms with Crippen molar-refractivity contribution >= 4 is 33.3 Å². The van der Waals surface area contributed by atoms with E-state index in [0.29, 0.717) is 17.1 Å². The normalized spacial score (nSPS) is 12.0. The second-order valence-corrected chi connectivity index (χ2v) is 8.50. The van der Waals surface area contributed by atoms with Crippen LogP contribution in [0.2, 0.25) is 0 Å². The molecule has 1 aromatic carbocycles. The number of hydrogen-bond acceptors (Lipinski definition) is 8. The highest BCUT2D eigenvalue weighted by Crippen LogP contribution is 2.35. The van der Waals surface area contributed by atoms with Crippen LogP contribution in [-0.2, 0) is 6.42 Å². The zero-order valence-corrected chi connectivity index (χ0v) is 19.3. The van der Waals surface area contributed by atoms with Crippen molar-refractivity contribution in [2.24, 2.45) is 0 Å². The summed E-state index contributed by atoms with van der Waals surface area (Å²) in [4.78, 5) is 25.2. The van der Waals surface area contributed by atoms with Crippen molar-refractivity contribution in [1.29, 1.82) is 0 Å². The number of carbonyl (C=O) groups excluding carboxylic acids is 1. The third kappa shape index (κ3) is 4.29. The molecule has 1 amide bonds. The maximum Gasteiger partial charge on any atom is 0.264 e. The number of methoxy groups -OCH3 is 1. The number of nitrogens with zero attached hydrogens (tertiary/aromatic N) is 4. The molecule has 8 nitrogen and oxygen atoms in total. The molecule has 0 spiro atoms. The fourth-order valence-corrected chi connectivity index (χ4v) is 4.63. The first-order valence-corrected chi connectivity index (χ1v) is 11.1. The molecule has 0 bridgehead atoms. The second-order valence-electron chi connectivity index (χ2n) is 7.50. The maximum atomic E-state index is 13.2. The first kappa shape index (κ1) is 21.8. The minimum atomic E-state index is -0.209. The lowest BCUT2D eigenvalue weighted by atomic mass is 10.1. The molecule has 0 aliphatic heterocycles. The lowest BCUT2D eigenvalue weighted by Crippen LogP contribution is -2.29. The molecule has 0 saturated carbocycles. The number of hydrogen-bond donors (Lipinski definition) is 1. The summed E-state index contributed by atoms with van der Waals surface area (Å²) in [7, 11) is 3.43. The van der Waals surface area contributed by atoms with Gasteiger partial charge in [0.25, 0.3) is 5.91 Å². The van der Waals surface area contributed by atoms with Crippen molar-refractivity contribution in [3.05, 3.63) is 64.6 Å². The molecule has 0 saturated heterocycles. The van der Waals surface area contributed by atoms with Gasteiger partial charge in [0.15, 0.2) is 0 Å². The van der Waals surface area contributed by atoms with Crippen molar-refractivity contribution in [1.82, 2.24) is 20.0 Å². The van der Waals surface area contributed by atoms with E-state index >= 15 is 0 Å². The molecule has 1 unspecified atom stereocenters. The Morgan fingerprint density at radius 1 is 1.25 bits per heavy atom. The van der Waals surface area contributed by atoms with E-state index in [-0.39, 0.29) is 11.9 Å². The van der Waals surface area contributed by atoms with E-state index in [1.165, 1.54) is 29.5 Å². The summed E-state index contributed by atoms with van der Waals surface area (Å²) in [5, 5.41) is 8.25. The number of benzene rings is 1. The Labute approximate surface area is 190 Å². The molecule has 0 aliphatic rings. The Bertz CT molecular complexity index is 1200. The lowest BCUT2D eigenvalue weighted by molar-refractivity contribution is 0.0742. The fourth-order valence-electron chi connectivity index (χ4n) is 3.50. The van der Waals surface area contributed by atoms with E-state index in [4.69, 9.17) is 9.26 Å². The van der Waals surface area contributed by atoms with Crippen LogP contribution in [0.1, 0.15) is 39.5 Å². The SMILES string of the molecule is COc1ccc(CCNc2ncnc3sc(C(=O)N(C)C(C)c4ccon4)c(C)c23)cc1. The minimum absolute atomic E-state index is 0.0785. The number of rotatable bonds is 8. The van der Waals surface area contributed by atoms with E-state index in [1.807, 2.05) is 26.0 Å². The second kappa shape index (κ2) is 9.35. The van der Waals surface area contributed by atoms with Crippen LogP contribution >= 0.6 is 11.3 Å². The third-order valence-electron chi connectivity index (χ3n) is 5.57. The highest BCUT2D eigenvalue weighted by Gasteiger charge is 2.26. The van der Waals surface area contributed by atoms with Crippen LogP contribution in [-0.4, -0.2) is 46.6 Å². The Kier molecular flexibility index (Phi) is 6.36. The monoisotopic (exact) mass is 451 g/mol. The van der Waals surface area contributed by atoms with Crippen molar-refractivity contribution in [3.8, 4) is 5.75 Å². The Balaban J connectivity index is 1.52. The van der Waals surface area contributed by atoms with Gasteiger partial charge in [-0.05, 0) is 43.5 Å². The fraction of sp³-hybridized carbons (Fsp3) is 0.304. The highest BCUT2D eigenvalue weighted by molar-refractivity contribution is 7.20. The number of thiophene rings is 1. The topological polar surface area (TPSA) is 93.4 Å². The third-order valence-corrected chi connectivity index (χ3v) is 6.76. The molecule has 4 aromatic rings. The maximum absolute atomic E-state index is 13.2. The van der Waals surface area contributed by atoms with E-state index in [9.17, 15) is 4.79 Å². The van der Waals surface area contributed by atoms with Crippen molar-refractivity contribution in [2.75, 3.05) is 26.0 Å². The molecule has 9 heteroatoms. The van der Waals surface area contributed by atoms with Crippen LogP contribution in [0.15, 0.2) is 47.4 Å². The summed E-state index contributed by atoms with van der Waals surface area (Å²) < 4.78 is 10.1. The van der Waals surface area contributed by atoms with E-state index in [0.717, 1.165) is 33.8 Å². The molecule has 0 aliphatic carbocycles. The summed E-state index contributed by atoms with van der Waals surface area (Å²) in [6, 6.07) is 9.57. The standard InChI is InChI=1S/C23H25N5O3S/c1-14-19-21(24-11-9-16-5-7-17(30-4)8-6-16)25-13-26-22(19)32-20(14)23(29)28(3)15(2)18-10-12-31-27-18/h5-8,10,12-13,15H,9,11H2,1-4H3,(H,24,25,26). The quantitative estimate of drug-likeness (QED) is 0.422. The number of amides is 1. The molecule has 32 heavy (non-hydrogen) atoms. The van der Waals surface area contributed by atoms with Crippen LogP contribution < -0.4 is 10.1 Å². The number of ether oxygens (including phenoxy) is 1. The molecule has 4 rings (SSSR count). The Hall–Kier alpha value is -3.46. The van der Waals surface area contributed by atoms with Crippen LogP contribution in [0.25, 0.3) is 10.2 Å². The molecule has 3 aromatic heterocycles. The number of carbonyl (C=O) groups is 1. The number of nitrogens with one attached hydrogen (secondary N) is 1. The van der Waals surface area contributed by atoms with Gasteiger partial charge < -0.3 is 19.5 Å². The van der Waals surface area contributed by atoms with Crippen LogP contribution in [0, 0.1) is 6.92 Å². The van der Waals surface area contributed by atoms with Gasteiger partial charge in [0, 0.05) is 19.7 Å². The summed E-state index contributed by atoms with van der Waals surface area (Å²) in [6.07, 6.45) is 3.88. The number of anilines is 1. The van der Waals surface area contributed by atoms with Gasteiger partial charge in [0.2, 0.25) is 0 Å². The molecule has 0 radical (unpaired) electrons.